The van der Waals surface area contributed by atoms with Crippen molar-refractivity contribution in [2.24, 2.45) is 0 Å². The summed E-state index contributed by atoms with van der Waals surface area (Å²) in [5.41, 5.74) is 1.47. The molecule has 0 heterocycles. The third-order valence-electron chi connectivity index (χ3n) is 3.41. The lowest BCUT2D eigenvalue weighted by atomic mass is 10.1. The standard InChI is InChI=1S/C17H18F2N2O2/c1-21(9-10-22)14-7-5-13(6-8-14)20-16(23)11-12-3-2-4-15(18)17(12)19/h2-8,22H,9-11H2,1H3,(H,20,23). The second-order valence-corrected chi connectivity index (χ2v) is 5.13. The molecule has 2 N–H and O–H groups in total. The summed E-state index contributed by atoms with van der Waals surface area (Å²) in [6.45, 7) is 0.554. The summed E-state index contributed by atoms with van der Waals surface area (Å²) in [6.07, 6.45) is -0.240. The van der Waals surface area contributed by atoms with Crippen molar-refractivity contribution in [3.63, 3.8) is 0 Å². The molecule has 0 spiro atoms. The highest BCUT2D eigenvalue weighted by Crippen LogP contribution is 2.17. The fraction of sp³-hybridized carbons (Fsp3) is 0.235. The van der Waals surface area contributed by atoms with Gasteiger partial charge in [0, 0.05) is 30.5 Å². The van der Waals surface area contributed by atoms with Crippen molar-refractivity contribution in [2.75, 3.05) is 30.4 Å². The van der Waals surface area contributed by atoms with Crippen molar-refractivity contribution in [3.8, 4) is 0 Å². The highest BCUT2D eigenvalue weighted by Gasteiger charge is 2.12. The van der Waals surface area contributed by atoms with Gasteiger partial charge in [0.2, 0.25) is 5.91 Å². The second-order valence-electron chi connectivity index (χ2n) is 5.13. The van der Waals surface area contributed by atoms with Crippen molar-refractivity contribution >= 4 is 17.3 Å². The van der Waals surface area contributed by atoms with Crippen molar-refractivity contribution in [3.05, 3.63) is 59.7 Å². The highest BCUT2D eigenvalue weighted by molar-refractivity contribution is 5.92. The zero-order chi connectivity index (χ0) is 16.8. The quantitative estimate of drug-likeness (QED) is 0.860. The van der Waals surface area contributed by atoms with Crippen LogP contribution in [0.2, 0.25) is 0 Å². The molecule has 0 saturated heterocycles. The van der Waals surface area contributed by atoms with Gasteiger partial charge < -0.3 is 15.3 Å². The number of aliphatic hydroxyl groups excluding tert-OH is 1. The number of anilines is 2. The molecular formula is C17H18F2N2O2. The summed E-state index contributed by atoms with van der Waals surface area (Å²) >= 11 is 0. The maximum Gasteiger partial charge on any atom is 0.228 e. The number of aliphatic hydroxyl groups is 1. The first-order valence-corrected chi connectivity index (χ1v) is 7.16. The van der Waals surface area contributed by atoms with Crippen LogP contribution in [0.1, 0.15) is 5.56 Å². The Morgan fingerprint density at radius 1 is 1.17 bits per heavy atom. The maximum absolute atomic E-state index is 13.5. The van der Waals surface area contributed by atoms with E-state index in [1.807, 2.05) is 11.9 Å². The first-order valence-electron chi connectivity index (χ1n) is 7.16. The van der Waals surface area contributed by atoms with Crippen LogP contribution in [-0.2, 0) is 11.2 Å². The molecule has 122 valence electrons. The van der Waals surface area contributed by atoms with Crippen LogP contribution in [0.15, 0.2) is 42.5 Å². The van der Waals surface area contributed by atoms with Crippen molar-refractivity contribution < 1.29 is 18.7 Å². The molecule has 0 radical (unpaired) electrons. The Labute approximate surface area is 133 Å². The molecule has 6 heteroatoms. The molecule has 0 unspecified atom stereocenters. The predicted octanol–water partition coefficient (Wildman–Crippen LogP) is 2.57. The minimum absolute atomic E-state index is 0.0156. The Bertz CT molecular complexity index is 675. The number of nitrogens with zero attached hydrogens (tertiary/aromatic N) is 1. The molecule has 2 aromatic rings. The van der Waals surface area contributed by atoms with Gasteiger partial charge in [-0.05, 0) is 30.3 Å². The molecule has 0 saturated carbocycles. The molecule has 0 aromatic heterocycles. The second kappa shape index (κ2) is 7.69. The normalized spacial score (nSPS) is 10.4. The molecule has 23 heavy (non-hydrogen) atoms. The molecule has 1 amide bonds. The molecule has 0 bridgehead atoms. The Kier molecular flexibility index (Phi) is 5.65. The number of hydrogen-bond donors (Lipinski definition) is 2. The van der Waals surface area contributed by atoms with Crippen LogP contribution in [-0.4, -0.2) is 31.2 Å². The highest BCUT2D eigenvalue weighted by atomic mass is 19.2. The molecule has 4 nitrogen and oxygen atoms in total. The van der Waals surface area contributed by atoms with Crippen LogP contribution in [0.25, 0.3) is 0 Å². The lowest BCUT2D eigenvalue weighted by Crippen LogP contribution is -2.21. The molecule has 0 aliphatic heterocycles. The van der Waals surface area contributed by atoms with Crippen LogP contribution in [0, 0.1) is 11.6 Å². The van der Waals surface area contributed by atoms with Crippen LogP contribution in [0.5, 0.6) is 0 Å². The first-order chi connectivity index (χ1) is 11.0. The number of rotatable bonds is 6. The minimum atomic E-state index is -0.997. The maximum atomic E-state index is 13.5. The molecule has 2 aromatic carbocycles. The lowest BCUT2D eigenvalue weighted by Gasteiger charge is -2.18. The summed E-state index contributed by atoms with van der Waals surface area (Å²) < 4.78 is 26.6. The first kappa shape index (κ1) is 16.9. The number of likely N-dealkylation sites (N-methyl/N-ethyl adjacent to an activating group) is 1. The van der Waals surface area contributed by atoms with Crippen molar-refractivity contribution in [2.45, 2.75) is 6.42 Å². The average molecular weight is 320 g/mol. The number of carbonyl (C=O) groups excluding carboxylic acids is 1. The number of carbonyl (C=O) groups is 1. The Hall–Kier alpha value is -2.47. The van der Waals surface area contributed by atoms with E-state index in [1.54, 1.807) is 24.3 Å². The topological polar surface area (TPSA) is 52.6 Å². The summed E-state index contributed by atoms with van der Waals surface area (Å²) in [5, 5.41) is 11.5. The molecule has 0 aliphatic carbocycles. The van der Waals surface area contributed by atoms with E-state index in [0.29, 0.717) is 12.2 Å². The third kappa shape index (κ3) is 4.50. The van der Waals surface area contributed by atoms with Crippen LogP contribution in [0.4, 0.5) is 20.2 Å². The van der Waals surface area contributed by atoms with Crippen LogP contribution >= 0.6 is 0 Å². The van der Waals surface area contributed by atoms with E-state index in [9.17, 15) is 13.6 Å². The van der Waals surface area contributed by atoms with Gasteiger partial charge in [0.25, 0.3) is 0 Å². The smallest absolute Gasteiger partial charge is 0.228 e. The minimum Gasteiger partial charge on any atom is -0.395 e. The van der Waals surface area contributed by atoms with Gasteiger partial charge in [-0.25, -0.2) is 8.78 Å². The SMILES string of the molecule is CN(CCO)c1ccc(NC(=O)Cc2cccc(F)c2F)cc1. The molecule has 2 rings (SSSR count). The van der Waals surface area contributed by atoms with E-state index >= 15 is 0 Å². The van der Waals surface area contributed by atoms with Gasteiger partial charge in [0.1, 0.15) is 0 Å². The van der Waals surface area contributed by atoms with Gasteiger partial charge in [0.05, 0.1) is 13.0 Å². The zero-order valence-electron chi connectivity index (χ0n) is 12.7. The van der Waals surface area contributed by atoms with Gasteiger partial charge in [-0.3, -0.25) is 4.79 Å². The van der Waals surface area contributed by atoms with E-state index in [0.717, 1.165) is 11.8 Å². The fourth-order valence-electron chi connectivity index (χ4n) is 2.14. The lowest BCUT2D eigenvalue weighted by molar-refractivity contribution is -0.115. The predicted molar refractivity (Wildman–Crippen MR) is 85.5 cm³/mol. The van der Waals surface area contributed by atoms with Gasteiger partial charge >= 0.3 is 0 Å². The molecule has 0 atom stereocenters. The number of benzene rings is 2. The number of amides is 1. The summed E-state index contributed by atoms with van der Waals surface area (Å²) in [5.74, 6) is -2.39. The monoisotopic (exact) mass is 320 g/mol. The average Bonchev–Trinajstić information content (AvgIpc) is 2.53. The zero-order valence-corrected chi connectivity index (χ0v) is 12.7. The Morgan fingerprint density at radius 3 is 2.52 bits per heavy atom. The van der Waals surface area contributed by atoms with Gasteiger partial charge in [-0.15, -0.1) is 0 Å². The van der Waals surface area contributed by atoms with Crippen LogP contribution < -0.4 is 10.2 Å². The fourth-order valence-corrected chi connectivity index (χ4v) is 2.14. The Balaban J connectivity index is 1.99. The van der Waals surface area contributed by atoms with Gasteiger partial charge in [0.15, 0.2) is 11.6 Å². The van der Waals surface area contributed by atoms with Gasteiger partial charge in [-0.2, -0.15) is 0 Å². The van der Waals surface area contributed by atoms with E-state index in [-0.39, 0.29) is 18.6 Å². The summed E-state index contributed by atoms with van der Waals surface area (Å²) in [7, 11) is 1.84. The van der Waals surface area contributed by atoms with E-state index in [2.05, 4.69) is 5.32 Å². The number of hydrogen-bond acceptors (Lipinski definition) is 3. The summed E-state index contributed by atoms with van der Waals surface area (Å²) in [6, 6.07) is 10.8. The van der Waals surface area contributed by atoms with E-state index in [4.69, 9.17) is 5.11 Å². The largest absolute Gasteiger partial charge is 0.395 e. The number of nitrogens with one attached hydrogen (secondary N) is 1. The third-order valence-corrected chi connectivity index (χ3v) is 3.41. The van der Waals surface area contributed by atoms with E-state index < -0.39 is 17.5 Å². The van der Waals surface area contributed by atoms with E-state index in [1.165, 1.54) is 12.1 Å². The summed E-state index contributed by atoms with van der Waals surface area (Å²) in [4.78, 5) is 13.8. The Morgan fingerprint density at radius 2 is 1.87 bits per heavy atom. The van der Waals surface area contributed by atoms with Crippen molar-refractivity contribution in [1.82, 2.24) is 0 Å². The molecule has 0 aliphatic rings. The van der Waals surface area contributed by atoms with Crippen LogP contribution in [0.3, 0.4) is 0 Å². The van der Waals surface area contributed by atoms with Crippen molar-refractivity contribution in [1.29, 1.82) is 0 Å². The number of halogens is 2. The van der Waals surface area contributed by atoms with Gasteiger partial charge in [-0.1, -0.05) is 12.1 Å². The molecule has 0 fully saturated rings. The molecular weight excluding hydrogens is 302 g/mol.